The number of carbonyl (C=O) groups excluding carboxylic acids is 5. The number of ketones is 1. The van der Waals surface area contributed by atoms with Crippen molar-refractivity contribution in [3.8, 4) is 23.7 Å². The molecule has 259 valence electrons. The van der Waals surface area contributed by atoms with Gasteiger partial charge in [-0.3, -0.25) is 19.5 Å². The number of nitrogens with one attached hydrogen (secondary N) is 3. The van der Waals surface area contributed by atoms with Crippen molar-refractivity contribution in [1.82, 2.24) is 10.4 Å². The molecule has 0 aliphatic carbocycles. The molecule has 10 atom stereocenters. The molecule has 7 unspecified atom stereocenters. The van der Waals surface area contributed by atoms with Crippen LogP contribution in [0.5, 0.6) is 0 Å². The average Bonchev–Trinajstić information content (AvgIpc) is 2.99. The van der Waals surface area contributed by atoms with Crippen LogP contribution in [0.1, 0.15) is 59.8 Å². The van der Waals surface area contributed by atoms with Crippen LogP contribution in [0.3, 0.4) is 0 Å². The normalized spacial score (nSPS) is 14.5. The van der Waals surface area contributed by atoms with E-state index in [0.29, 0.717) is 31.8 Å². The third-order valence-electron chi connectivity index (χ3n) is 5.81. The molecule has 46 heavy (non-hydrogen) atoms. The zero-order chi connectivity index (χ0) is 34.6. The third-order valence-corrected chi connectivity index (χ3v) is 15.4. The number of hydrogen-bond donors (Lipinski definition) is 3. The fraction of sp³-hybridized carbons (Fsp3) is 0.679. The first-order valence-corrected chi connectivity index (χ1v) is 22.6. The predicted molar refractivity (Wildman–Crippen MR) is 198 cm³/mol. The van der Waals surface area contributed by atoms with E-state index in [1.165, 1.54) is 0 Å². The fourth-order valence-electron chi connectivity index (χ4n) is 3.27. The van der Waals surface area contributed by atoms with Gasteiger partial charge in [0.1, 0.15) is 11.3 Å². The summed E-state index contributed by atoms with van der Waals surface area (Å²) in [5.41, 5.74) is 12.5. The van der Waals surface area contributed by atoms with Gasteiger partial charge in [-0.05, 0) is 60.2 Å². The summed E-state index contributed by atoms with van der Waals surface area (Å²) in [5.74, 6) is 10.9. The molecule has 5 N–H and O–H groups in total. The van der Waals surface area contributed by atoms with Gasteiger partial charge in [0.15, 0.2) is 0 Å². The van der Waals surface area contributed by atoms with Gasteiger partial charge in [-0.1, -0.05) is 58.0 Å². The van der Waals surface area contributed by atoms with Crippen LogP contribution in [-0.4, -0.2) is 79.4 Å². The minimum absolute atomic E-state index is 0. The van der Waals surface area contributed by atoms with E-state index in [2.05, 4.69) is 61.4 Å². The smallest absolute Gasteiger partial charge is 0.387 e. The standard InChI is InChI=1S/C20H33N3O6P5S.C8H16NO.Y/c1-14(13-28-2)11-17(24)16(8-10-35-9-6-4-3-5-7-19(26)29-30)23-33-34(31)32-20(27)15(21)12-18(22)25;1-4-7(3)8(6-10)9-5-2;/h14-16,21,23,32-33H,6,8-13,30-31H2,1-2H3,(H2,22,25);7-9H,4-5H2,1-3H3;/q2*-1;/t14?,15-,16?,34?;7-,8-;/m01./s1. The van der Waals surface area contributed by atoms with E-state index in [-0.39, 0.29) is 85.1 Å². The molecule has 0 aromatic carbocycles. The Morgan fingerprint density at radius 3 is 2.37 bits per heavy atom. The Balaban J connectivity index is -0.00000144. The second-order valence-corrected chi connectivity index (χ2v) is 23.4. The molecule has 0 aromatic heterocycles. The Morgan fingerprint density at radius 1 is 1.15 bits per heavy atom. The monoisotopic (exact) mass is 829 g/mol. The SMILES string of the molecule is CCN[C@H]([C-]=O)[C@H](C)CC.COCC(C)CC(=O)C(CCSCCC#CC#CC(=O)OP)NPP(P)PC(=O)[C@@H]([NH-])CC(N)=O.[Y]. The van der Waals surface area contributed by atoms with E-state index in [1.807, 2.05) is 29.6 Å². The van der Waals surface area contributed by atoms with Crippen LogP contribution < -0.4 is 16.1 Å². The molecule has 0 bridgehead atoms. The maximum atomic E-state index is 12.9. The number of rotatable bonds is 23. The molecule has 18 heteroatoms. The van der Waals surface area contributed by atoms with Crippen LogP contribution in [0.2, 0.25) is 0 Å². The molecule has 0 saturated carbocycles. The van der Waals surface area contributed by atoms with Crippen LogP contribution in [0.4, 0.5) is 0 Å². The number of hydrogen-bond acceptors (Lipinski definition) is 10. The number of amides is 1. The number of Topliss-reactive ketones (excluding diaryl/α,β-unsaturated/α-hetero) is 1. The Kier molecular flexibility index (Phi) is 37.6. The number of methoxy groups -OCH3 is 1. The molecule has 0 heterocycles. The number of nitrogens with two attached hydrogens (primary N) is 1. The van der Waals surface area contributed by atoms with E-state index in [9.17, 15) is 24.0 Å². The predicted octanol–water partition coefficient (Wildman–Crippen LogP) is 4.35. The quantitative estimate of drug-likeness (QED) is 0.0581. The van der Waals surface area contributed by atoms with E-state index in [1.54, 1.807) is 18.9 Å². The van der Waals surface area contributed by atoms with E-state index >= 15 is 0 Å². The first-order valence-electron chi connectivity index (χ1n) is 14.3. The van der Waals surface area contributed by atoms with Gasteiger partial charge in [-0.15, -0.1) is 8.93 Å². The Bertz CT molecular complexity index is 1030. The molecular formula is C28H49N4O7P5SY-2. The molecule has 0 spiro atoms. The van der Waals surface area contributed by atoms with Crippen LogP contribution >= 0.6 is 53.8 Å². The zero-order valence-electron chi connectivity index (χ0n) is 27.3. The molecule has 0 fully saturated rings. The van der Waals surface area contributed by atoms with Crippen LogP contribution in [0.15, 0.2) is 0 Å². The van der Waals surface area contributed by atoms with Crippen molar-refractivity contribution in [2.24, 2.45) is 17.6 Å². The van der Waals surface area contributed by atoms with Crippen molar-refractivity contribution < 1.29 is 65.9 Å². The number of ether oxygens (including phenoxy) is 1. The van der Waals surface area contributed by atoms with Crippen molar-refractivity contribution in [2.75, 3.05) is 31.8 Å². The Labute approximate surface area is 314 Å². The second kappa shape index (κ2) is 34.0. The van der Waals surface area contributed by atoms with E-state index in [4.69, 9.17) is 16.2 Å². The summed E-state index contributed by atoms with van der Waals surface area (Å²) < 4.78 is 9.45. The summed E-state index contributed by atoms with van der Waals surface area (Å²) in [7, 11) is 6.18. The van der Waals surface area contributed by atoms with Gasteiger partial charge >= 0.3 is 5.97 Å². The summed E-state index contributed by atoms with van der Waals surface area (Å²) in [6.07, 6.45) is 4.38. The van der Waals surface area contributed by atoms with Gasteiger partial charge in [-0.25, -0.2) is 11.1 Å². The Morgan fingerprint density at radius 2 is 1.83 bits per heavy atom. The fourth-order valence-corrected chi connectivity index (χ4v) is 11.5. The van der Waals surface area contributed by atoms with Gasteiger partial charge in [0, 0.05) is 77.4 Å². The minimum atomic E-state index is -1.13. The van der Waals surface area contributed by atoms with Gasteiger partial charge < -0.3 is 30.8 Å². The molecule has 0 aliphatic heterocycles. The van der Waals surface area contributed by atoms with Gasteiger partial charge in [-0.2, -0.15) is 11.8 Å². The van der Waals surface area contributed by atoms with Crippen LogP contribution in [-0.2, 0) is 65.9 Å². The van der Waals surface area contributed by atoms with Crippen molar-refractivity contribution in [2.45, 2.75) is 77.9 Å². The first-order chi connectivity index (χ1) is 21.4. The number of primary amides is 1. The molecule has 0 aliphatic rings. The van der Waals surface area contributed by atoms with Gasteiger partial charge in [0.25, 0.3) is 0 Å². The summed E-state index contributed by atoms with van der Waals surface area (Å²) >= 11 is 1.67. The van der Waals surface area contributed by atoms with Crippen molar-refractivity contribution in [1.29, 1.82) is 0 Å². The third kappa shape index (κ3) is 29.4. The Hall–Kier alpha value is 0.514. The molecule has 1 amide bonds. The van der Waals surface area contributed by atoms with Crippen LogP contribution in [0.25, 0.3) is 5.73 Å². The molecule has 0 rings (SSSR count). The summed E-state index contributed by atoms with van der Waals surface area (Å²) in [5, 5.41) is 6.39. The molecular weight excluding hydrogens is 780 g/mol. The molecule has 1 radical (unpaired) electrons. The van der Waals surface area contributed by atoms with Crippen molar-refractivity contribution in [3.05, 3.63) is 5.73 Å². The van der Waals surface area contributed by atoms with Gasteiger partial charge in [0.2, 0.25) is 5.91 Å². The minimum Gasteiger partial charge on any atom is -0.668 e. The molecule has 0 aromatic rings. The van der Waals surface area contributed by atoms with Crippen LogP contribution in [0, 0.1) is 35.5 Å². The maximum Gasteiger partial charge on any atom is 0.387 e. The zero-order valence-corrected chi connectivity index (χ0v) is 36.1. The van der Waals surface area contributed by atoms with E-state index in [0.717, 1.165) is 24.5 Å². The number of carbonyl (C=O) groups is 4. The molecule has 0 saturated heterocycles. The van der Waals surface area contributed by atoms with Crippen molar-refractivity contribution in [3.63, 3.8) is 0 Å². The largest absolute Gasteiger partial charge is 0.668 e. The summed E-state index contributed by atoms with van der Waals surface area (Å²) in [6, 6.07) is -1.54. The second-order valence-electron chi connectivity index (χ2n) is 9.76. The van der Waals surface area contributed by atoms with E-state index < -0.39 is 24.9 Å². The van der Waals surface area contributed by atoms with Gasteiger partial charge in [0.05, 0.1) is 15.5 Å². The number of likely N-dealkylation sites (N-methyl/N-ethyl adjacent to an activating group) is 1. The topological polar surface area (TPSA) is 178 Å². The van der Waals surface area contributed by atoms with Crippen molar-refractivity contribution >= 4 is 83.3 Å². The average molecular weight is 830 g/mol. The summed E-state index contributed by atoms with van der Waals surface area (Å²) in [6.45, 7) is 8.62. The molecule has 11 nitrogen and oxygen atoms in total. The first kappa shape index (κ1) is 50.9. The summed E-state index contributed by atoms with van der Waals surface area (Å²) in [4.78, 5) is 57.1. The maximum absolute atomic E-state index is 12.9. The number of thioether (sulfide) groups is 1.